The maximum atomic E-state index is 5.12. The van der Waals surface area contributed by atoms with E-state index in [1.54, 1.807) is 7.11 Å². The van der Waals surface area contributed by atoms with Crippen LogP contribution < -0.4 is 0 Å². The molecule has 0 spiro atoms. The molecular weight excluding hydrogens is 188 g/mol. The Morgan fingerprint density at radius 1 is 1.40 bits per heavy atom. The van der Waals surface area contributed by atoms with E-state index in [1.165, 1.54) is 37.8 Å². The molecule has 1 aliphatic rings. The van der Waals surface area contributed by atoms with Gasteiger partial charge in [0.15, 0.2) is 0 Å². The second-order valence-corrected chi connectivity index (χ2v) is 4.30. The Labute approximate surface area is 91.4 Å². The molecule has 3 heteroatoms. The molecule has 0 unspecified atom stereocenters. The fraction of sp³-hybridized carbons (Fsp3) is 0.750. The summed E-state index contributed by atoms with van der Waals surface area (Å²) in [5.74, 6) is 0. The molecule has 0 radical (unpaired) electrons. The van der Waals surface area contributed by atoms with Crippen LogP contribution in [-0.4, -0.2) is 23.5 Å². The third-order valence-corrected chi connectivity index (χ3v) is 3.24. The molecule has 0 aliphatic heterocycles. The molecule has 0 aromatic carbocycles. The van der Waals surface area contributed by atoms with Gasteiger partial charge >= 0.3 is 0 Å². The smallest absolute Gasteiger partial charge is 0.0522 e. The summed E-state index contributed by atoms with van der Waals surface area (Å²) in [4.78, 5) is 0. The van der Waals surface area contributed by atoms with E-state index in [-0.39, 0.29) is 0 Å². The van der Waals surface area contributed by atoms with Crippen LogP contribution in [0.2, 0.25) is 0 Å². The zero-order valence-electron chi connectivity index (χ0n) is 9.48. The highest BCUT2D eigenvalue weighted by molar-refractivity contribution is 5.02. The number of methoxy groups -OCH3 is 1. The number of ether oxygens (including phenoxy) is 1. The molecule has 0 bridgehead atoms. The average Bonchev–Trinajstić information content (AvgIpc) is 2.75. The molecule has 0 amide bonds. The molecular formula is C12H20N2O. The number of nitrogens with zero attached hydrogens (tertiary/aromatic N) is 2. The van der Waals surface area contributed by atoms with Gasteiger partial charge in [0.25, 0.3) is 0 Å². The minimum absolute atomic E-state index is 0.639. The Morgan fingerprint density at radius 2 is 2.20 bits per heavy atom. The van der Waals surface area contributed by atoms with Crippen LogP contribution in [0.3, 0.4) is 0 Å². The van der Waals surface area contributed by atoms with Crippen LogP contribution in [0.4, 0.5) is 0 Å². The number of rotatable bonds is 4. The van der Waals surface area contributed by atoms with E-state index in [1.807, 2.05) is 6.20 Å². The maximum Gasteiger partial charge on any atom is 0.0522 e. The molecule has 2 rings (SSSR count). The van der Waals surface area contributed by atoms with Gasteiger partial charge in [-0.05, 0) is 18.9 Å². The minimum Gasteiger partial charge on any atom is -0.384 e. The van der Waals surface area contributed by atoms with Crippen LogP contribution in [-0.2, 0) is 11.2 Å². The van der Waals surface area contributed by atoms with E-state index in [0.717, 1.165) is 13.0 Å². The summed E-state index contributed by atoms with van der Waals surface area (Å²) in [6.45, 7) is 0.790. The summed E-state index contributed by atoms with van der Waals surface area (Å²) in [6, 6.07) is 2.76. The molecule has 1 aromatic heterocycles. The molecule has 1 aromatic rings. The second-order valence-electron chi connectivity index (χ2n) is 4.30. The van der Waals surface area contributed by atoms with E-state index in [9.17, 15) is 0 Å². The minimum atomic E-state index is 0.639. The van der Waals surface area contributed by atoms with Crippen molar-refractivity contribution in [2.45, 2.75) is 44.6 Å². The highest BCUT2D eigenvalue weighted by Gasteiger charge is 2.17. The zero-order valence-corrected chi connectivity index (χ0v) is 9.48. The third-order valence-electron chi connectivity index (χ3n) is 3.24. The van der Waals surface area contributed by atoms with Gasteiger partial charge in [0.05, 0.1) is 12.6 Å². The average molecular weight is 208 g/mol. The molecule has 1 fully saturated rings. The lowest BCUT2D eigenvalue weighted by atomic mass is 9.95. The number of aromatic nitrogens is 2. The van der Waals surface area contributed by atoms with Crippen LogP contribution in [0.5, 0.6) is 0 Å². The number of hydrogen-bond acceptors (Lipinski definition) is 2. The van der Waals surface area contributed by atoms with Crippen LogP contribution in [0.25, 0.3) is 0 Å². The number of hydrogen-bond donors (Lipinski definition) is 0. The Bertz CT molecular complexity index is 290. The quantitative estimate of drug-likeness (QED) is 0.760. The third kappa shape index (κ3) is 2.59. The largest absolute Gasteiger partial charge is 0.384 e. The van der Waals surface area contributed by atoms with Gasteiger partial charge in [-0.15, -0.1) is 0 Å². The first-order valence-electron chi connectivity index (χ1n) is 5.93. The molecule has 1 aliphatic carbocycles. The second kappa shape index (κ2) is 5.31. The van der Waals surface area contributed by atoms with Crippen LogP contribution in [0, 0.1) is 0 Å². The van der Waals surface area contributed by atoms with Crippen molar-refractivity contribution >= 4 is 0 Å². The molecule has 15 heavy (non-hydrogen) atoms. The van der Waals surface area contributed by atoms with Crippen molar-refractivity contribution in [1.82, 2.24) is 9.78 Å². The van der Waals surface area contributed by atoms with Crippen LogP contribution in [0.1, 0.15) is 43.8 Å². The molecule has 0 atom stereocenters. The van der Waals surface area contributed by atoms with E-state index in [4.69, 9.17) is 4.74 Å². The molecule has 0 N–H and O–H groups in total. The molecule has 0 saturated heterocycles. The predicted octanol–water partition coefficient (Wildman–Crippen LogP) is 2.58. The summed E-state index contributed by atoms with van der Waals surface area (Å²) < 4.78 is 7.34. The van der Waals surface area contributed by atoms with Gasteiger partial charge in [0.1, 0.15) is 0 Å². The van der Waals surface area contributed by atoms with Crippen molar-refractivity contribution in [2.24, 2.45) is 0 Å². The zero-order chi connectivity index (χ0) is 10.5. The Kier molecular flexibility index (Phi) is 3.78. The monoisotopic (exact) mass is 208 g/mol. The summed E-state index contributed by atoms with van der Waals surface area (Å²) in [5, 5.41) is 4.45. The standard InChI is InChI=1S/C12H20N2O/c1-15-10-8-12-7-9-13-14(12)11-5-3-2-4-6-11/h7,9,11H,2-6,8,10H2,1H3. The van der Waals surface area contributed by atoms with Gasteiger partial charge < -0.3 is 4.74 Å². The molecule has 1 heterocycles. The van der Waals surface area contributed by atoms with Crippen molar-refractivity contribution in [3.8, 4) is 0 Å². The first-order chi connectivity index (χ1) is 7.42. The topological polar surface area (TPSA) is 27.1 Å². The fourth-order valence-corrected chi connectivity index (χ4v) is 2.40. The normalized spacial score (nSPS) is 18.2. The van der Waals surface area contributed by atoms with Crippen molar-refractivity contribution in [3.05, 3.63) is 18.0 Å². The highest BCUT2D eigenvalue weighted by atomic mass is 16.5. The summed E-state index contributed by atoms with van der Waals surface area (Å²) in [7, 11) is 1.75. The van der Waals surface area contributed by atoms with Crippen molar-refractivity contribution in [3.63, 3.8) is 0 Å². The highest BCUT2D eigenvalue weighted by Crippen LogP contribution is 2.28. The van der Waals surface area contributed by atoms with Gasteiger partial charge in [0, 0.05) is 25.4 Å². The lowest BCUT2D eigenvalue weighted by Gasteiger charge is -2.23. The maximum absolute atomic E-state index is 5.12. The van der Waals surface area contributed by atoms with Crippen molar-refractivity contribution in [2.75, 3.05) is 13.7 Å². The summed E-state index contributed by atoms with van der Waals surface area (Å²) in [6.07, 6.45) is 9.59. The fourth-order valence-electron chi connectivity index (χ4n) is 2.40. The lowest BCUT2D eigenvalue weighted by Crippen LogP contribution is -2.17. The molecule has 3 nitrogen and oxygen atoms in total. The Morgan fingerprint density at radius 3 is 2.93 bits per heavy atom. The summed E-state index contributed by atoms with van der Waals surface area (Å²) >= 11 is 0. The molecule has 84 valence electrons. The van der Waals surface area contributed by atoms with Crippen LogP contribution in [0.15, 0.2) is 12.3 Å². The van der Waals surface area contributed by atoms with Crippen molar-refractivity contribution < 1.29 is 4.74 Å². The van der Waals surface area contributed by atoms with Gasteiger partial charge in [0.2, 0.25) is 0 Å². The van der Waals surface area contributed by atoms with Crippen LogP contribution >= 0.6 is 0 Å². The van der Waals surface area contributed by atoms with Gasteiger partial charge in [-0.25, -0.2) is 0 Å². The van der Waals surface area contributed by atoms with Gasteiger partial charge in [-0.2, -0.15) is 5.10 Å². The van der Waals surface area contributed by atoms with E-state index in [2.05, 4.69) is 15.8 Å². The van der Waals surface area contributed by atoms with E-state index >= 15 is 0 Å². The first-order valence-corrected chi connectivity index (χ1v) is 5.93. The summed E-state index contributed by atoms with van der Waals surface area (Å²) in [5.41, 5.74) is 1.32. The lowest BCUT2D eigenvalue weighted by molar-refractivity contribution is 0.198. The first kappa shape index (κ1) is 10.7. The Hall–Kier alpha value is -0.830. The van der Waals surface area contributed by atoms with E-state index < -0.39 is 0 Å². The van der Waals surface area contributed by atoms with E-state index in [0.29, 0.717) is 6.04 Å². The molecule has 1 saturated carbocycles. The van der Waals surface area contributed by atoms with Crippen molar-refractivity contribution in [1.29, 1.82) is 0 Å². The SMILES string of the molecule is COCCc1ccnn1C1CCCCC1. The van der Waals surface area contributed by atoms with Gasteiger partial charge in [-0.1, -0.05) is 19.3 Å². The predicted molar refractivity (Wildman–Crippen MR) is 59.9 cm³/mol. The Balaban J connectivity index is 2.02. The van der Waals surface area contributed by atoms with Gasteiger partial charge in [-0.3, -0.25) is 4.68 Å².